The Labute approximate surface area is 223 Å². The van der Waals surface area contributed by atoms with Gasteiger partial charge < -0.3 is 9.47 Å². The Balaban J connectivity index is 1.59. The van der Waals surface area contributed by atoms with Gasteiger partial charge in [0.25, 0.3) is 0 Å². The van der Waals surface area contributed by atoms with Crippen LogP contribution in [0.5, 0.6) is 0 Å². The van der Waals surface area contributed by atoms with Gasteiger partial charge in [-0.2, -0.15) is 0 Å². The van der Waals surface area contributed by atoms with Gasteiger partial charge in [0.2, 0.25) is 0 Å². The molecule has 2 aromatic carbocycles. The van der Waals surface area contributed by atoms with Crippen LogP contribution in [0.3, 0.4) is 0 Å². The Kier molecular flexibility index (Phi) is 5.57. The van der Waals surface area contributed by atoms with E-state index in [9.17, 15) is 14.0 Å². The quantitative estimate of drug-likeness (QED) is 0.376. The summed E-state index contributed by atoms with van der Waals surface area (Å²) in [6.07, 6.45) is 4.64. The number of halogens is 1. The van der Waals surface area contributed by atoms with E-state index in [0.29, 0.717) is 19.4 Å². The molecular formula is C33H35FN2O2. The number of hydrogen-bond donors (Lipinski definition) is 0. The SMILES string of the molecule is CN1C2=C(C(=O)CC(C)(C)C2)C(c2cn(Cc3cccc(F)c3)c3ccccc23)C2=C1CC(C)(C)CC2=O. The number of carbonyl (C=O) groups is 2. The largest absolute Gasteiger partial charge is 0.351 e. The van der Waals surface area contributed by atoms with Crippen molar-refractivity contribution in [3.05, 3.63) is 94.2 Å². The van der Waals surface area contributed by atoms with Crippen molar-refractivity contribution in [2.45, 2.75) is 65.8 Å². The van der Waals surface area contributed by atoms with Gasteiger partial charge in [-0.3, -0.25) is 9.59 Å². The van der Waals surface area contributed by atoms with Crippen molar-refractivity contribution in [3.63, 3.8) is 0 Å². The summed E-state index contributed by atoms with van der Waals surface area (Å²) in [5.74, 6) is -0.370. The van der Waals surface area contributed by atoms with Crippen molar-refractivity contribution in [1.82, 2.24) is 9.47 Å². The van der Waals surface area contributed by atoms with Crippen molar-refractivity contribution >= 4 is 22.5 Å². The minimum Gasteiger partial charge on any atom is -0.351 e. The fourth-order valence-electron chi connectivity index (χ4n) is 6.94. The first kappa shape index (κ1) is 24.8. The molecule has 0 saturated heterocycles. The van der Waals surface area contributed by atoms with Gasteiger partial charge in [-0.05, 0) is 53.0 Å². The number of benzene rings is 2. The summed E-state index contributed by atoms with van der Waals surface area (Å²) in [6, 6.07) is 14.8. The van der Waals surface area contributed by atoms with E-state index < -0.39 is 0 Å². The third-order valence-corrected chi connectivity index (χ3v) is 8.55. The summed E-state index contributed by atoms with van der Waals surface area (Å²) in [5.41, 5.74) is 6.29. The molecule has 0 bridgehead atoms. The maximum atomic E-state index is 14.0. The van der Waals surface area contributed by atoms with E-state index in [0.717, 1.165) is 57.4 Å². The number of rotatable bonds is 3. The van der Waals surface area contributed by atoms with Crippen molar-refractivity contribution in [2.75, 3.05) is 7.05 Å². The van der Waals surface area contributed by atoms with Crippen molar-refractivity contribution < 1.29 is 14.0 Å². The molecule has 0 saturated carbocycles. The van der Waals surface area contributed by atoms with E-state index in [1.165, 1.54) is 6.07 Å². The standard InChI is InChI=1S/C33H35FN2O2/c1-32(2)14-25-30(27(37)16-32)29(31-26(35(25)5)15-33(3,4)17-28(31)38)23-19-36(24-12-7-6-11-22(23)24)18-20-9-8-10-21(34)13-20/h6-13,19,29H,14-18H2,1-5H3. The molecule has 1 aliphatic heterocycles. The molecule has 0 amide bonds. The second-order valence-corrected chi connectivity index (χ2v) is 13.0. The number of nitrogens with zero attached hydrogens (tertiary/aromatic N) is 2. The van der Waals surface area contributed by atoms with Crippen LogP contribution in [0.2, 0.25) is 0 Å². The predicted molar refractivity (Wildman–Crippen MR) is 148 cm³/mol. The predicted octanol–water partition coefficient (Wildman–Crippen LogP) is 7.14. The fourth-order valence-corrected chi connectivity index (χ4v) is 6.94. The number of aromatic nitrogens is 1. The molecule has 0 unspecified atom stereocenters. The van der Waals surface area contributed by atoms with Crippen LogP contribution in [0.15, 0.2) is 77.3 Å². The Bertz CT molecular complexity index is 1510. The molecule has 0 N–H and O–H groups in total. The minimum atomic E-state index is -0.387. The lowest BCUT2D eigenvalue weighted by molar-refractivity contribution is -0.119. The number of hydrogen-bond acceptors (Lipinski definition) is 3. The Morgan fingerprint density at radius 1 is 0.842 bits per heavy atom. The average Bonchev–Trinajstić information content (AvgIpc) is 3.17. The first-order valence-electron chi connectivity index (χ1n) is 13.5. The molecule has 4 nitrogen and oxygen atoms in total. The third kappa shape index (κ3) is 4.03. The van der Waals surface area contributed by atoms with Gasteiger partial charge in [-0.25, -0.2) is 4.39 Å². The molecule has 196 valence electrons. The highest BCUT2D eigenvalue weighted by atomic mass is 19.1. The van der Waals surface area contributed by atoms with E-state index in [1.54, 1.807) is 12.1 Å². The molecule has 0 radical (unpaired) electrons. The molecule has 6 rings (SSSR count). The van der Waals surface area contributed by atoms with Crippen molar-refractivity contribution in [1.29, 1.82) is 0 Å². The number of Topliss-reactive ketones (excluding diaryl/α,β-unsaturated/α-hetero) is 2. The number of ketones is 2. The van der Waals surface area contributed by atoms with Crippen molar-refractivity contribution in [2.24, 2.45) is 10.8 Å². The molecule has 3 aliphatic rings. The number of para-hydroxylation sites is 1. The topological polar surface area (TPSA) is 42.3 Å². The van der Waals surface area contributed by atoms with E-state index >= 15 is 0 Å². The minimum absolute atomic E-state index is 0.133. The third-order valence-electron chi connectivity index (χ3n) is 8.55. The van der Waals surface area contributed by atoms with Gasteiger partial charge in [-0.15, -0.1) is 0 Å². The fraction of sp³-hybridized carbons (Fsp3) is 0.394. The summed E-state index contributed by atoms with van der Waals surface area (Å²) < 4.78 is 16.1. The van der Waals surface area contributed by atoms with Gasteiger partial charge in [0.1, 0.15) is 5.82 Å². The number of allylic oxidation sites excluding steroid dienone is 4. The molecule has 0 atom stereocenters. The average molecular weight is 511 g/mol. The summed E-state index contributed by atoms with van der Waals surface area (Å²) in [7, 11) is 2.04. The van der Waals surface area contributed by atoms with Crippen LogP contribution in [-0.4, -0.2) is 28.1 Å². The van der Waals surface area contributed by atoms with Crippen LogP contribution in [0.25, 0.3) is 10.9 Å². The zero-order chi connectivity index (χ0) is 27.0. The maximum Gasteiger partial charge on any atom is 0.162 e. The Morgan fingerprint density at radius 3 is 2.05 bits per heavy atom. The molecule has 0 fully saturated rings. The van der Waals surface area contributed by atoms with Crippen LogP contribution in [0.1, 0.15) is 70.4 Å². The summed E-state index contributed by atoms with van der Waals surface area (Å²) >= 11 is 0. The van der Waals surface area contributed by atoms with Crippen LogP contribution >= 0.6 is 0 Å². The number of fused-ring (bicyclic) bond motifs is 1. The van der Waals surface area contributed by atoms with E-state index in [1.807, 2.05) is 25.2 Å². The number of carbonyl (C=O) groups excluding carboxylic acids is 2. The Morgan fingerprint density at radius 2 is 1.45 bits per heavy atom. The Hall–Kier alpha value is -3.47. The normalized spacial score (nSPS) is 21.3. The highest BCUT2D eigenvalue weighted by molar-refractivity contribution is 6.08. The van der Waals surface area contributed by atoms with Crippen LogP contribution in [0.4, 0.5) is 4.39 Å². The molecule has 2 heterocycles. The highest BCUT2D eigenvalue weighted by Crippen LogP contribution is 2.54. The summed E-state index contributed by atoms with van der Waals surface area (Å²) in [5, 5.41) is 1.03. The van der Waals surface area contributed by atoms with E-state index in [-0.39, 0.29) is 34.1 Å². The second-order valence-electron chi connectivity index (χ2n) is 13.0. The van der Waals surface area contributed by atoms with Gasteiger partial charge in [0.05, 0.1) is 0 Å². The molecule has 2 aliphatic carbocycles. The van der Waals surface area contributed by atoms with E-state index in [4.69, 9.17) is 0 Å². The first-order valence-corrected chi connectivity index (χ1v) is 13.5. The zero-order valence-corrected chi connectivity index (χ0v) is 22.9. The van der Waals surface area contributed by atoms with Gasteiger partial charge in [0, 0.05) is 72.0 Å². The second kappa shape index (κ2) is 8.52. The van der Waals surface area contributed by atoms with Gasteiger partial charge in [-0.1, -0.05) is 58.0 Å². The first-order chi connectivity index (χ1) is 17.9. The molecule has 3 aromatic rings. The zero-order valence-electron chi connectivity index (χ0n) is 22.9. The lowest BCUT2D eigenvalue weighted by atomic mass is 9.64. The summed E-state index contributed by atoms with van der Waals surface area (Å²) in [6.45, 7) is 9.12. The van der Waals surface area contributed by atoms with Crippen molar-refractivity contribution in [3.8, 4) is 0 Å². The lowest BCUT2D eigenvalue weighted by Crippen LogP contribution is -2.43. The van der Waals surface area contributed by atoms with Crippen LogP contribution < -0.4 is 0 Å². The molecule has 1 aromatic heterocycles. The monoisotopic (exact) mass is 510 g/mol. The maximum absolute atomic E-state index is 14.0. The van der Waals surface area contributed by atoms with Crippen LogP contribution in [-0.2, 0) is 16.1 Å². The molecular weight excluding hydrogens is 475 g/mol. The molecule has 5 heteroatoms. The highest BCUT2D eigenvalue weighted by Gasteiger charge is 2.48. The van der Waals surface area contributed by atoms with Gasteiger partial charge >= 0.3 is 0 Å². The summed E-state index contributed by atoms with van der Waals surface area (Å²) in [4.78, 5) is 29.9. The molecule has 38 heavy (non-hydrogen) atoms. The van der Waals surface area contributed by atoms with E-state index in [2.05, 4.69) is 55.5 Å². The van der Waals surface area contributed by atoms with Crippen LogP contribution in [0, 0.1) is 16.6 Å². The smallest absolute Gasteiger partial charge is 0.162 e. The molecule has 0 spiro atoms. The van der Waals surface area contributed by atoms with Gasteiger partial charge in [0.15, 0.2) is 11.6 Å². The lowest BCUT2D eigenvalue weighted by Gasteiger charge is -2.47.